The second-order valence-corrected chi connectivity index (χ2v) is 31.5. The zero-order chi connectivity index (χ0) is 63.0. The van der Waals surface area contributed by atoms with E-state index in [-0.39, 0.29) is 65.5 Å². The van der Waals surface area contributed by atoms with E-state index in [4.69, 9.17) is 17.7 Å². The van der Waals surface area contributed by atoms with Crippen LogP contribution < -0.4 is 21.7 Å². The average molecular weight is 1140 g/mol. The Hall–Kier alpha value is -7.60. The minimum absolute atomic E-state index is 0.218. The third kappa shape index (κ3) is 9.98. The molecule has 12 nitrogen and oxygen atoms in total. The van der Waals surface area contributed by atoms with Gasteiger partial charge in [-0.25, -0.2) is 0 Å². The average Bonchev–Trinajstić information content (AvgIpc) is 0.812. The number of aromatic hydroxyl groups is 4. The van der Waals surface area contributed by atoms with E-state index in [1.165, 1.54) is 0 Å². The molecular weight excluding hydrogens is 1060 g/mol. The van der Waals surface area contributed by atoms with Crippen LogP contribution in [0.3, 0.4) is 0 Å². The quantitative estimate of drug-likeness (QED) is 0.0828. The Kier molecular flexibility index (Phi) is 13.8. The van der Waals surface area contributed by atoms with Crippen molar-refractivity contribution >= 4 is 87.8 Å². The fourth-order valence-corrected chi connectivity index (χ4v) is 11.1. The Morgan fingerprint density at radius 1 is 0.238 bits per heavy atom. The highest BCUT2D eigenvalue weighted by atomic mass is 16.4. The molecule has 0 bridgehead atoms. The highest BCUT2D eigenvalue weighted by molar-refractivity contribution is 6.12. The van der Waals surface area contributed by atoms with Crippen LogP contribution in [-0.2, 0) is 43.3 Å². The number of benzene rings is 6. The van der Waals surface area contributed by atoms with Crippen molar-refractivity contribution in [2.24, 2.45) is 0 Å². The first kappa shape index (κ1) is 61.0. The van der Waals surface area contributed by atoms with Crippen LogP contribution in [0, 0.1) is 0 Å². The molecule has 0 aliphatic rings. The molecule has 0 aliphatic carbocycles. The van der Waals surface area contributed by atoms with Gasteiger partial charge in [0.25, 0.3) is 0 Å². The normalized spacial score (nSPS) is 13.6. The lowest BCUT2D eigenvalue weighted by atomic mass is 9.79. The Morgan fingerprint density at radius 3 is 0.524 bits per heavy atom. The van der Waals surface area contributed by atoms with Crippen LogP contribution in [0.25, 0.3) is 87.8 Å². The van der Waals surface area contributed by atoms with Crippen molar-refractivity contribution in [2.45, 2.75) is 209 Å². The molecule has 0 amide bonds. The fraction of sp³-hybridized carbons (Fsp3) is 0.444. The van der Waals surface area contributed by atoms with Gasteiger partial charge in [-0.15, -0.1) is 0 Å². The van der Waals surface area contributed by atoms with Gasteiger partial charge >= 0.3 is 0 Å². The maximum absolute atomic E-state index is 14.1. The lowest BCUT2D eigenvalue weighted by Gasteiger charge is -2.26. The third-order valence-electron chi connectivity index (χ3n) is 16.5. The first-order chi connectivity index (χ1) is 38.1. The van der Waals surface area contributed by atoms with Crippen molar-refractivity contribution in [1.82, 2.24) is 0 Å². The summed E-state index contributed by atoms with van der Waals surface area (Å²) in [7, 11) is 0. The van der Waals surface area contributed by atoms with Gasteiger partial charge in [0, 0.05) is 22.3 Å². The summed E-state index contributed by atoms with van der Waals surface area (Å²) >= 11 is 0. The molecule has 4 N–H and O–H groups in total. The van der Waals surface area contributed by atoms with Gasteiger partial charge in [-0.3, -0.25) is 19.2 Å². The van der Waals surface area contributed by atoms with Crippen molar-refractivity contribution in [1.29, 1.82) is 0 Å². The molecule has 4 aromatic heterocycles. The number of rotatable bonds is 0. The predicted molar refractivity (Wildman–Crippen MR) is 343 cm³/mol. The Bertz CT molecular complexity index is 4120. The van der Waals surface area contributed by atoms with E-state index in [1.807, 2.05) is 107 Å². The van der Waals surface area contributed by atoms with E-state index in [0.29, 0.717) is 43.9 Å². The number of hydrogen-bond acceptors (Lipinski definition) is 12. The number of phenolic OH excluding ortho intramolecular Hbond substituents is 4. The van der Waals surface area contributed by atoms with E-state index in [0.717, 1.165) is 44.5 Å². The molecule has 0 radical (unpaired) electrons. The molecule has 0 saturated heterocycles. The van der Waals surface area contributed by atoms with Gasteiger partial charge in [-0.1, -0.05) is 190 Å². The van der Waals surface area contributed by atoms with Gasteiger partial charge in [0.1, 0.15) is 43.9 Å². The van der Waals surface area contributed by atoms with Gasteiger partial charge in [0.15, 0.2) is 45.3 Å². The van der Waals surface area contributed by atoms with E-state index in [1.54, 1.807) is 24.3 Å². The summed E-state index contributed by atoms with van der Waals surface area (Å²) in [6.07, 6.45) is 0. The molecule has 0 aliphatic heterocycles. The maximum atomic E-state index is 14.1. The summed E-state index contributed by atoms with van der Waals surface area (Å²) in [6, 6.07) is 15.3. The molecule has 0 fully saturated rings. The number of phenols is 4. The highest BCUT2D eigenvalue weighted by Gasteiger charge is 2.35. The van der Waals surface area contributed by atoms with E-state index in [9.17, 15) is 39.6 Å². The van der Waals surface area contributed by atoms with Gasteiger partial charge in [0.2, 0.25) is 21.7 Å². The summed E-state index contributed by atoms with van der Waals surface area (Å²) in [5, 5.41) is 46.7. The number of hydrogen-bond donors (Lipinski definition) is 4. The van der Waals surface area contributed by atoms with Crippen LogP contribution in [0.4, 0.5) is 0 Å². The van der Waals surface area contributed by atoms with Gasteiger partial charge in [0.05, 0.1) is 21.5 Å². The molecule has 0 saturated carbocycles. The monoisotopic (exact) mass is 1140 g/mol. The van der Waals surface area contributed by atoms with E-state index >= 15 is 0 Å². The smallest absolute Gasteiger partial charge is 0.204 e. The second kappa shape index (κ2) is 19.0. The fourth-order valence-electron chi connectivity index (χ4n) is 11.1. The van der Waals surface area contributed by atoms with Gasteiger partial charge < -0.3 is 38.1 Å². The molecule has 444 valence electrons. The molecule has 4 heterocycles. The Labute approximate surface area is 490 Å². The van der Waals surface area contributed by atoms with Crippen molar-refractivity contribution in [2.75, 3.05) is 0 Å². The van der Waals surface area contributed by atoms with Crippen molar-refractivity contribution in [3.63, 3.8) is 0 Å². The van der Waals surface area contributed by atoms with Crippen LogP contribution in [-0.4, -0.2) is 20.4 Å². The van der Waals surface area contributed by atoms with Crippen LogP contribution >= 0.6 is 0 Å². The summed E-state index contributed by atoms with van der Waals surface area (Å²) in [5.74, 6) is -2.09. The SMILES string of the molecule is CC(C)(C)c1cc(C(C)(C)C)c2oc3c(O)c4c(=O)c5cc(C(C)(C)C)cc(C(C)(C)C)c5oc4c(O)c3c(=O)c2c1.CC(C)(C)c1cc(C(C)(C)C)c2oc3c(O)c4c(=O)c5cc(C(C)(C)C)cc(C(C)(C)C)c5oc4c(O)c3c(=O)c2c1. The van der Waals surface area contributed by atoms with Crippen LogP contribution in [0.5, 0.6) is 23.0 Å². The first-order valence-electron chi connectivity index (χ1n) is 29.0. The predicted octanol–water partition coefficient (Wildman–Crippen LogP) is 17.6. The molecular formula is C72H84O12. The Balaban J connectivity index is 0.000000202. The molecule has 10 aromatic rings. The number of fused-ring (bicyclic) bond motifs is 8. The summed E-state index contributed by atoms with van der Waals surface area (Å²) in [6.45, 7) is 49.1. The zero-order valence-electron chi connectivity index (χ0n) is 53.7. The lowest BCUT2D eigenvalue weighted by Crippen LogP contribution is -2.19. The molecule has 6 aromatic carbocycles. The zero-order valence-corrected chi connectivity index (χ0v) is 53.7. The lowest BCUT2D eigenvalue weighted by molar-refractivity contribution is 0.456. The largest absolute Gasteiger partial charge is 0.504 e. The Morgan fingerprint density at radius 2 is 0.393 bits per heavy atom. The van der Waals surface area contributed by atoms with Crippen LogP contribution in [0.2, 0.25) is 0 Å². The molecule has 0 spiro atoms. The summed E-state index contributed by atoms with van der Waals surface area (Å²) < 4.78 is 25.2. The third-order valence-corrected chi connectivity index (χ3v) is 16.5. The highest BCUT2D eigenvalue weighted by Crippen LogP contribution is 2.48. The van der Waals surface area contributed by atoms with Gasteiger partial charge in [-0.05, 0) is 89.8 Å². The standard InChI is InChI=1S/2C36H42O6/c2*1-33(2,3)17-13-19-25(37)23-27(39)32-24(28(40)31(23)41-29(19)21(15-17)35(7,8)9)26(38)20-14-18(34(4,5)6)16-22(30(20)42-32)36(10,11)12/h2*13-16,39-40H,1-12H3. The molecule has 0 unspecified atom stereocenters. The second-order valence-electron chi connectivity index (χ2n) is 31.5. The minimum atomic E-state index is -0.523. The first-order valence-corrected chi connectivity index (χ1v) is 29.0. The van der Waals surface area contributed by atoms with E-state index in [2.05, 4.69) is 83.1 Å². The van der Waals surface area contributed by atoms with E-state index < -0.39 is 66.4 Å². The maximum Gasteiger partial charge on any atom is 0.204 e. The molecule has 84 heavy (non-hydrogen) atoms. The molecule has 10 rings (SSSR count). The molecule has 0 atom stereocenters. The van der Waals surface area contributed by atoms with Gasteiger partial charge in [-0.2, -0.15) is 0 Å². The minimum Gasteiger partial charge on any atom is -0.504 e. The molecule has 12 heteroatoms. The van der Waals surface area contributed by atoms with Crippen molar-refractivity contribution in [3.8, 4) is 23.0 Å². The van der Waals surface area contributed by atoms with Crippen molar-refractivity contribution in [3.05, 3.63) is 134 Å². The topological polar surface area (TPSA) is 202 Å². The van der Waals surface area contributed by atoms with Crippen LogP contribution in [0.1, 0.15) is 211 Å². The summed E-state index contributed by atoms with van der Waals surface area (Å²) in [5.41, 5.74) is 2.60. The van der Waals surface area contributed by atoms with Crippen LogP contribution in [0.15, 0.2) is 85.4 Å². The summed E-state index contributed by atoms with van der Waals surface area (Å²) in [4.78, 5) is 56.6. The van der Waals surface area contributed by atoms with Crippen molar-refractivity contribution < 1.29 is 38.1 Å².